The first-order chi connectivity index (χ1) is 17.0. The molecule has 0 radical (unpaired) electrons. The second-order valence-electron chi connectivity index (χ2n) is 8.16. The van der Waals surface area contributed by atoms with Gasteiger partial charge in [0, 0.05) is 37.8 Å². The average Bonchev–Trinajstić information content (AvgIpc) is 2.92. The van der Waals surface area contributed by atoms with E-state index in [1.54, 1.807) is 29.3 Å². The molecule has 0 unspecified atom stereocenters. The summed E-state index contributed by atoms with van der Waals surface area (Å²) in [6.45, 7) is 1.03. The zero-order valence-electron chi connectivity index (χ0n) is 19.2. The number of piperazine rings is 1. The van der Waals surface area contributed by atoms with E-state index in [2.05, 4.69) is 4.98 Å². The standard InChI is InChI=1S/C26H24N4O4S/c1-34-19-9-11-20(12-10-19)35(32,33)30-16-14-29(15-17-30)26(31)22-18-25(24-8-4-5-13-27-24)28-23-7-3-2-6-21(22)23/h2-13,18H,14-17H2,1H3. The number of ether oxygens (including phenoxy) is 1. The Labute approximate surface area is 203 Å². The van der Waals surface area contributed by atoms with Crippen LogP contribution in [0.3, 0.4) is 0 Å². The third-order valence-corrected chi connectivity index (χ3v) is 8.01. The van der Waals surface area contributed by atoms with Crippen molar-refractivity contribution in [2.24, 2.45) is 0 Å². The van der Waals surface area contributed by atoms with Crippen LogP contribution in [0.5, 0.6) is 5.75 Å². The molecule has 0 atom stereocenters. The van der Waals surface area contributed by atoms with Crippen LogP contribution in [0, 0.1) is 0 Å². The number of para-hydroxylation sites is 1. The molecule has 0 bridgehead atoms. The fourth-order valence-corrected chi connectivity index (χ4v) is 5.62. The third kappa shape index (κ3) is 4.48. The molecule has 2 aromatic carbocycles. The minimum atomic E-state index is -3.66. The second-order valence-corrected chi connectivity index (χ2v) is 10.1. The molecule has 4 aromatic rings. The van der Waals surface area contributed by atoms with E-state index < -0.39 is 10.0 Å². The summed E-state index contributed by atoms with van der Waals surface area (Å²) in [6.07, 6.45) is 1.69. The number of fused-ring (bicyclic) bond motifs is 1. The van der Waals surface area contributed by atoms with Crippen LogP contribution in [0.25, 0.3) is 22.3 Å². The smallest absolute Gasteiger partial charge is 0.254 e. The van der Waals surface area contributed by atoms with Crippen LogP contribution in [-0.4, -0.2) is 66.8 Å². The Hall–Kier alpha value is -3.82. The minimum Gasteiger partial charge on any atom is -0.497 e. The van der Waals surface area contributed by atoms with E-state index in [4.69, 9.17) is 9.72 Å². The Morgan fingerprint density at radius 3 is 2.29 bits per heavy atom. The molecule has 1 saturated heterocycles. The lowest BCUT2D eigenvalue weighted by molar-refractivity contribution is 0.0700. The van der Waals surface area contributed by atoms with Gasteiger partial charge >= 0.3 is 0 Å². The largest absolute Gasteiger partial charge is 0.497 e. The lowest BCUT2D eigenvalue weighted by atomic mass is 10.0. The van der Waals surface area contributed by atoms with E-state index in [1.165, 1.54) is 23.5 Å². The van der Waals surface area contributed by atoms with Crippen molar-refractivity contribution < 1.29 is 17.9 Å². The van der Waals surface area contributed by atoms with Crippen molar-refractivity contribution in [2.75, 3.05) is 33.3 Å². The summed E-state index contributed by atoms with van der Waals surface area (Å²) in [5.41, 5.74) is 2.54. The molecule has 9 heteroatoms. The van der Waals surface area contributed by atoms with Crippen molar-refractivity contribution in [3.05, 3.63) is 84.6 Å². The SMILES string of the molecule is COc1ccc(S(=O)(=O)N2CCN(C(=O)c3cc(-c4ccccn4)nc4ccccc34)CC2)cc1. The Bertz CT molecular complexity index is 1470. The van der Waals surface area contributed by atoms with Gasteiger partial charge in [0.25, 0.3) is 5.91 Å². The summed E-state index contributed by atoms with van der Waals surface area (Å²) < 4.78 is 32.7. The maximum Gasteiger partial charge on any atom is 0.254 e. The highest BCUT2D eigenvalue weighted by Gasteiger charge is 2.31. The molecular formula is C26H24N4O4S. The van der Waals surface area contributed by atoms with Gasteiger partial charge in [0.2, 0.25) is 10.0 Å². The van der Waals surface area contributed by atoms with Crippen molar-refractivity contribution in [1.29, 1.82) is 0 Å². The van der Waals surface area contributed by atoms with Crippen LogP contribution in [-0.2, 0) is 10.0 Å². The molecule has 1 aliphatic rings. The summed E-state index contributed by atoms with van der Waals surface area (Å²) in [5.74, 6) is 0.441. The second kappa shape index (κ2) is 9.44. The number of carbonyl (C=O) groups is 1. The number of aromatic nitrogens is 2. The molecule has 2 aromatic heterocycles. The summed E-state index contributed by atoms with van der Waals surface area (Å²) in [4.78, 5) is 24.6. The number of amides is 1. The first kappa shape index (κ1) is 22.9. The molecule has 0 spiro atoms. The van der Waals surface area contributed by atoms with Crippen molar-refractivity contribution in [3.63, 3.8) is 0 Å². The van der Waals surface area contributed by atoms with Gasteiger partial charge in [-0.15, -0.1) is 0 Å². The summed E-state index contributed by atoms with van der Waals surface area (Å²) in [7, 11) is -2.12. The quantitative estimate of drug-likeness (QED) is 0.427. The molecule has 35 heavy (non-hydrogen) atoms. The molecule has 178 valence electrons. The van der Waals surface area contributed by atoms with Gasteiger partial charge in [-0.1, -0.05) is 24.3 Å². The number of hydrogen-bond acceptors (Lipinski definition) is 6. The number of benzene rings is 2. The molecule has 3 heterocycles. The predicted octanol–water partition coefficient (Wildman–Crippen LogP) is 3.45. The van der Waals surface area contributed by atoms with Crippen LogP contribution in [0.2, 0.25) is 0 Å². The van der Waals surface area contributed by atoms with E-state index in [-0.39, 0.29) is 23.9 Å². The van der Waals surface area contributed by atoms with Crippen molar-refractivity contribution >= 4 is 26.8 Å². The molecule has 1 aliphatic heterocycles. The van der Waals surface area contributed by atoms with Crippen LogP contribution in [0.15, 0.2) is 83.9 Å². The minimum absolute atomic E-state index is 0.151. The van der Waals surface area contributed by atoms with Crippen molar-refractivity contribution in [1.82, 2.24) is 19.2 Å². The number of methoxy groups -OCH3 is 1. The molecule has 1 fully saturated rings. The molecule has 8 nitrogen and oxygen atoms in total. The van der Waals surface area contributed by atoms with Gasteiger partial charge in [-0.2, -0.15) is 4.31 Å². The van der Waals surface area contributed by atoms with Gasteiger partial charge in [-0.05, 0) is 48.5 Å². The number of carbonyl (C=O) groups excluding carboxylic acids is 1. The van der Waals surface area contributed by atoms with E-state index >= 15 is 0 Å². The maximum absolute atomic E-state index is 13.6. The molecular weight excluding hydrogens is 464 g/mol. The van der Waals surface area contributed by atoms with Gasteiger partial charge in [0.15, 0.2) is 0 Å². The Morgan fingerprint density at radius 1 is 0.886 bits per heavy atom. The first-order valence-corrected chi connectivity index (χ1v) is 12.7. The lowest BCUT2D eigenvalue weighted by Gasteiger charge is -2.34. The van der Waals surface area contributed by atoms with Crippen molar-refractivity contribution in [3.8, 4) is 17.1 Å². The zero-order valence-corrected chi connectivity index (χ0v) is 20.0. The number of rotatable bonds is 5. The van der Waals surface area contributed by atoms with E-state index in [9.17, 15) is 13.2 Å². The highest BCUT2D eigenvalue weighted by molar-refractivity contribution is 7.89. The highest BCUT2D eigenvalue weighted by Crippen LogP contribution is 2.26. The van der Waals surface area contributed by atoms with Gasteiger partial charge in [0.1, 0.15) is 5.75 Å². The summed E-state index contributed by atoms with van der Waals surface area (Å²) in [5, 5.41) is 0.755. The number of sulfonamides is 1. The van der Waals surface area contributed by atoms with Crippen LogP contribution < -0.4 is 4.74 Å². The zero-order chi connectivity index (χ0) is 24.4. The molecule has 0 saturated carbocycles. The Kier molecular flexibility index (Phi) is 6.19. The Balaban J connectivity index is 1.39. The molecule has 0 aliphatic carbocycles. The van der Waals surface area contributed by atoms with E-state index in [0.717, 1.165) is 5.39 Å². The fourth-order valence-electron chi connectivity index (χ4n) is 4.20. The maximum atomic E-state index is 13.6. The van der Waals surface area contributed by atoms with E-state index in [1.807, 2.05) is 42.5 Å². The summed E-state index contributed by atoms with van der Waals surface area (Å²) >= 11 is 0. The van der Waals surface area contributed by atoms with Crippen molar-refractivity contribution in [2.45, 2.75) is 4.90 Å². The van der Waals surface area contributed by atoms with Gasteiger partial charge in [-0.3, -0.25) is 9.78 Å². The Morgan fingerprint density at radius 2 is 1.60 bits per heavy atom. The monoisotopic (exact) mass is 488 g/mol. The van der Waals surface area contributed by atoms with Crippen LogP contribution in [0.1, 0.15) is 10.4 Å². The molecule has 5 rings (SSSR count). The topological polar surface area (TPSA) is 92.7 Å². The third-order valence-electron chi connectivity index (χ3n) is 6.10. The lowest BCUT2D eigenvalue weighted by Crippen LogP contribution is -2.50. The van der Waals surface area contributed by atoms with Gasteiger partial charge < -0.3 is 9.64 Å². The van der Waals surface area contributed by atoms with Crippen LogP contribution >= 0.6 is 0 Å². The highest BCUT2D eigenvalue weighted by atomic mass is 32.2. The average molecular weight is 489 g/mol. The fraction of sp³-hybridized carbons (Fsp3) is 0.192. The number of hydrogen-bond donors (Lipinski definition) is 0. The summed E-state index contributed by atoms with van der Waals surface area (Å²) in [6, 6.07) is 21.2. The van der Waals surface area contributed by atoms with Gasteiger partial charge in [0.05, 0.1) is 34.5 Å². The number of pyridine rings is 2. The normalized spacial score (nSPS) is 14.7. The number of nitrogens with zero attached hydrogens (tertiary/aromatic N) is 4. The first-order valence-electron chi connectivity index (χ1n) is 11.2. The van der Waals surface area contributed by atoms with E-state index in [0.29, 0.717) is 41.3 Å². The van der Waals surface area contributed by atoms with Crippen LogP contribution in [0.4, 0.5) is 0 Å². The predicted molar refractivity (Wildman–Crippen MR) is 133 cm³/mol. The molecule has 1 amide bonds. The van der Waals surface area contributed by atoms with Gasteiger partial charge in [-0.25, -0.2) is 13.4 Å². The molecule has 0 N–H and O–H groups in total.